The first kappa shape index (κ1) is 21.5. The number of benzene rings is 1. The van der Waals surface area contributed by atoms with Crippen molar-refractivity contribution in [1.82, 2.24) is 9.78 Å². The van der Waals surface area contributed by atoms with Crippen molar-refractivity contribution >= 4 is 23.2 Å². The highest BCUT2D eigenvalue weighted by atomic mass is 16.6. The lowest BCUT2D eigenvalue weighted by Gasteiger charge is -2.56. The molecule has 1 aromatic carbocycles. The molecule has 0 N–H and O–H groups in total. The maximum absolute atomic E-state index is 13.1. The second-order valence-corrected chi connectivity index (χ2v) is 11.0. The van der Waals surface area contributed by atoms with E-state index >= 15 is 0 Å². The molecule has 0 saturated heterocycles. The van der Waals surface area contributed by atoms with Gasteiger partial charge in [0.15, 0.2) is 5.82 Å². The predicted octanol–water partition coefficient (Wildman–Crippen LogP) is 4.82. The number of ether oxygens (including phenoxy) is 1. The number of non-ortho nitro benzene ring substituents is 1. The normalized spacial score (nSPS) is 33.4. The van der Waals surface area contributed by atoms with Crippen molar-refractivity contribution in [2.24, 2.45) is 35.7 Å². The van der Waals surface area contributed by atoms with E-state index in [9.17, 15) is 14.9 Å². The van der Waals surface area contributed by atoms with Gasteiger partial charge in [-0.25, -0.2) is 4.99 Å². The number of nitrogens with zero attached hydrogens (tertiary/aromatic N) is 4. The Balaban J connectivity index is 1.58. The predicted molar refractivity (Wildman–Crippen MR) is 126 cm³/mol. The van der Waals surface area contributed by atoms with Crippen molar-refractivity contribution in [3.05, 3.63) is 51.2 Å². The summed E-state index contributed by atoms with van der Waals surface area (Å²) >= 11 is 0. The number of nitro groups is 1. The summed E-state index contributed by atoms with van der Waals surface area (Å²) < 4.78 is 7.07. The molecule has 4 saturated carbocycles. The van der Waals surface area contributed by atoms with Gasteiger partial charge in [0.25, 0.3) is 5.69 Å². The molecule has 2 aromatic rings. The number of carbonyl (C=O) groups excluding carboxylic acids is 1. The third-order valence-corrected chi connectivity index (χ3v) is 8.87. The number of aliphatic imine (C=N–C) groups is 1. The minimum atomic E-state index is -0.642. The van der Waals surface area contributed by atoms with Crippen LogP contribution in [0.2, 0.25) is 0 Å². The van der Waals surface area contributed by atoms with Crippen LogP contribution in [0.4, 0.5) is 11.5 Å². The molecule has 0 radical (unpaired) electrons. The van der Waals surface area contributed by atoms with Crippen LogP contribution < -0.4 is 0 Å². The molecule has 2 heterocycles. The van der Waals surface area contributed by atoms with Crippen LogP contribution in [0.25, 0.3) is 0 Å². The Morgan fingerprint density at radius 3 is 2.41 bits per heavy atom. The fourth-order valence-corrected chi connectivity index (χ4v) is 8.01. The van der Waals surface area contributed by atoms with Gasteiger partial charge in [-0.3, -0.25) is 19.6 Å². The van der Waals surface area contributed by atoms with Gasteiger partial charge >= 0.3 is 5.97 Å². The van der Waals surface area contributed by atoms with Crippen molar-refractivity contribution < 1.29 is 14.5 Å². The second-order valence-electron chi connectivity index (χ2n) is 11.0. The first-order chi connectivity index (χ1) is 16.3. The monoisotopic (exact) mass is 462 g/mol. The minimum absolute atomic E-state index is 0.000487. The van der Waals surface area contributed by atoms with E-state index in [2.05, 4.69) is 0 Å². The zero-order valence-electron chi connectivity index (χ0n) is 19.9. The summed E-state index contributed by atoms with van der Waals surface area (Å²) in [6, 6.07) is 6.67. The minimum Gasteiger partial charge on any atom is -0.468 e. The van der Waals surface area contributed by atoms with Gasteiger partial charge in [0.1, 0.15) is 5.92 Å². The molecule has 4 bridgehead atoms. The average molecular weight is 463 g/mol. The van der Waals surface area contributed by atoms with E-state index in [0.29, 0.717) is 5.71 Å². The van der Waals surface area contributed by atoms with Gasteiger partial charge in [-0.2, -0.15) is 5.10 Å². The highest BCUT2D eigenvalue weighted by molar-refractivity contribution is 6.05. The summed E-state index contributed by atoms with van der Waals surface area (Å²) in [4.78, 5) is 29.2. The number of aromatic nitrogens is 2. The Hall–Kier alpha value is -3.03. The van der Waals surface area contributed by atoms with Gasteiger partial charge in [-0.05, 0) is 68.8 Å². The molecule has 34 heavy (non-hydrogen) atoms. The lowest BCUT2D eigenvalue weighted by molar-refractivity contribution is -0.384. The van der Waals surface area contributed by atoms with Gasteiger partial charge in [-0.1, -0.05) is 12.1 Å². The number of rotatable bonds is 4. The molecule has 8 nitrogen and oxygen atoms in total. The van der Waals surface area contributed by atoms with E-state index in [-0.39, 0.29) is 22.0 Å². The summed E-state index contributed by atoms with van der Waals surface area (Å²) in [6.07, 6.45) is 7.38. The molecule has 4 aliphatic carbocycles. The van der Waals surface area contributed by atoms with E-state index < -0.39 is 11.8 Å². The molecule has 2 atom stereocenters. The number of esters is 1. The molecule has 8 heteroatoms. The summed E-state index contributed by atoms with van der Waals surface area (Å²) in [5.74, 6) is 1.55. The van der Waals surface area contributed by atoms with Gasteiger partial charge in [0, 0.05) is 41.8 Å². The Kier molecular flexibility index (Phi) is 4.73. The lowest BCUT2D eigenvalue weighted by atomic mass is 9.48. The number of aryl methyl sites for hydroxylation is 1. The second kappa shape index (κ2) is 7.48. The fraction of sp³-hybridized carbons (Fsp3) is 0.577. The van der Waals surface area contributed by atoms with Crippen LogP contribution in [-0.4, -0.2) is 33.5 Å². The Bertz CT molecular complexity index is 1190. The van der Waals surface area contributed by atoms with Crippen LogP contribution in [0.15, 0.2) is 29.3 Å². The Labute approximate surface area is 198 Å². The average Bonchev–Trinajstić information content (AvgIpc) is 3.13. The fourth-order valence-electron chi connectivity index (χ4n) is 8.01. The number of hydrogen-bond acceptors (Lipinski definition) is 6. The molecule has 0 spiro atoms. The number of hydrogen-bond donors (Lipinski definition) is 0. The van der Waals surface area contributed by atoms with Crippen LogP contribution in [0, 0.1) is 33.8 Å². The van der Waals surface area contributed by atoms with E-state index in [0.717, 1.165) is 59.7 Å². The topological polar surface area (TPSA) is 99.6 Å². The Morgan fingerprint density at radius 2 is 1.82 bits per heavy atom. The van der Waals surface area contributed by atoms with E-state index in [4.69, 9.17) is 14.8 Å². The SMILES string of the molecule is COC(=O)C1C(C)=Nc2c(c(C34CC5CC(CC(C5)C3)C4)nn2C)C1c1cccc([N+](=O)[O-])c1. The largest absolute Gasteiger partial charge is 0.468 e. The molecular weight excluding hydrogens is 432 g/mol. The highest BCUT2D eigenvalue weighted by Gasteiger charge is 2.55. The zero-order chi connectivity index (χ0) is 23.8. The molecule has 2 unspecified atom stereocenters. The molecule has 4 fully saturated rings. The first-order valence-electron chi connectivity index (χ1n) is 12.2. The van der Waals surface area contributed by atoms with Gasteiger partial charge in [0.05, 0.1) is 17.7 Å². The smallest absolute Gasteiger partial charge is 0.315 e. The molecule has 1 aromatic heterocycles. The Morgan fingerprint density at radius 1 is 1.18 bits per heavy atom. The van der Waals surface area contributed by atoms with Crippen LogP contribution in [-0.2, 0) is 22.0 Å². The quantitative estimate of drug-likeness (QED) is 0.368. The van der Waals surface area contributed by atoms with Crippen LogP contribution in [0.1, 0.15) is 68.2 Å². The number of fused-ring (bicyclic) bond motifs is 1. The van der Waals surface area contributed by atoms with E-state index in [1.807, 2.05) is 24.7 Å². The molecule has 1 aliphatic heterocycles. The van der Waals surface area contributed by atoms with E-state index in [1.54, 1.807) is 12.1 Å². The van der Waals surface area contributed by atoms with Crippen molar-refractivity contribution in [2.75, 3.05) is 7.11 Å². The summed E-state index contributed by atoms with van der Waals surface area (Å²) in [5, 5.41) is 16.7. The van der Waals surface area contributed by atoms with Crippen LogP contribution >= 0.6 is 0 Å². The van der Waals surface area contributed by atoms with Crippen LogP contribution in [0.3, 0.4) is 0 Å². The third kappa shape index (κ3) is 3.07. The molecule has 178 valence electrons. The maximum atomic E-state index is 13.1. The molecule has 7 rings (SSSR count). The zero-order valence-corrected chi connectivity index (χ0v) is 19.9. The number of nitro benzene ring substituents is 1. The number of methoxy groups -OCH3 is 1. The van der Waals surface area contributed by atoms with Crippen molar-refractivity contribution in [3.8, 4) is 0 Å². The number of carbonyl (C=O) groups is 1. The summed E-state index contributed by atoms with van der Waals surface area (Å²) in [7, 11) is 3.31. The molecule has 0 amide bonds. The maximum Gasteiger partial charge on any atom is 0.315 e. The molecular formula is C26H30N4O4. The van der Waals surface area contributed by atoms with Gasteiger partial charge < -0.3 is 4.74 Å². The van der Waals surface area contributed by atoms with E-state index in [1.165, 1.54) is 32.4 Å². The standard InChI is InChI=1S/C26H30N4O4/c1-14-20(25(31)34-3)21(18-5-4-6-19(10-18)30(32)33)22-23(28-29(2)24(22)27-14)26-11-15-7-16(12-26)9-17(8-15)13-26/h4-6,10,15-17,20-21H,7-9,11-13H2,1-3H3. The lowest BCUT2D eigenvalue weighted by Crippen LogP contribution is -2.49. The molecule has 5 aliphatic rings. The highest BCUT2D eigenvalue weighted by Crippen LogP contribution is 2.62. The van der Waals surface area contributed by atoms with Crippen molar-refractivity contribution in [1.29, 1.82) is 0 Å². The van der Waals surface area contributed by atoms with Crippen LogP contribution in [0.5, 0.6) is 0 Å². The van der Waals surface area contributed by atoms with Gasteiger partial charge in [0.2, 0.25) is 0 Å². The van der Waals surface area contributed by atoms with Crippen molar-refractivity contribution in [2.45, 2.75) is 56.8 Å². The first-order valence-corrected chi connectivity index (χ1v) is 12.2. The van der Waals surface area contributed by atoms with Crippen molar-refractivity contribution in [3.63, 3.8) is 0 Å². The summed E-state index contributed by atoms with van der Waals surface area (Å²) in [6.45, 7) is 1.84. The summed E-state index contributed by atoms with van der Waals surface area (Å²) in [5.41, 5.74) is 3.43. The third-order valence-electron chi connectivity index (χ3n) is 8.87. The van der Waals surface area contributed by atoms with Gasteiger partial charge in [-0.15, -0.1) is 0 Å².